The molecule has 18 heavy (non-hydrogen) atoms. The molecule has 0 saturated heterocycles. The first-order chi connectivity index (χ1) is 8.63. The summed E-state index contributed by atoms with van der Waals surface area (Å²) in [4.78, 5) is 0. The molecule has 0 aliphatic carbocycles. The monoisotopic (exact) mass is 309 g/mol. The summed E-state index contributed by atoms with van der Waals surface area (Å²) in [6, 6.07) is 6.01. The lowest BCUT2D eigenvalue weighted by Crippen LogP contribution is -2.17. The summed E-state index contributed by atoms with van der Waals surface area (Å²) in [5.41, 5.74) is 2.07. The number of nitrogens with one attached hydrogen (secondary N) is 1. The molecule has 0 radical (unpaired) electrons. The van der Waals surface area contributed by atoms with Crippen LogP contribution in [0.4, 0.5) is 0 Å². The van der Waals surface area contributed by atoms with Crippen LogP contribution in [-0.4, -0.2) is 16.7 Å². The summed E-state index contributed by atoms with van der Waals surface area (Å²) in [6.45, 7) is 6.95. The molecular formula is C13H16BrN3O. The van der Waals surface area contributed by atoms with Crippen molar-refractivity contribution in [2.75, 3.05) is 6.54 Å². The molecule has 1 atom stereocenters. The van der Waals surface area contributed by atoms with E-state index in [0.717, 1.165) is 22.1 Å². The Morgan fingerprint density at radius 3 is 2.89 bits per heavy atom. The molecule has 1 aromatic carbocycles. The van der Waals surface area contributed by atoms with Crippen LogP contribution in [0.3, 0.4) is 0 Å². The third-order valence-electron chi connectivity index (χ3n) is 2.82. The van der Waals surface area contributed by atoms with Gasteiger partial charge in [0.25, 0.3) is 0 Å². The minimum Gasteiger partial charge on any atom is -0.419 e. The van der Waals surface area contributed by atoms with Crippen LogP contribution in [0.15, 0.2) is 27.1 Å². The molecule has 0 saturated carbocycles. The maximum atomic E-state index is 5.71. The summed E-state index contributed by atoms with van der Waals surface area (Å²) < 4.78 is 6.76. The van der Waals surface area contributed by atoms with Crippen molar-refractivity contribution < 1.29 is 4.42 Å². The smallest absolute Gasteiger partial charge is 0.248 e. The quantitative estimate of drug-likeness (QED) is 0.939. The van der Waals surface area contributed by atoms with Crippen LogP contribution in [-0.2, 0) is 0 Å². The van der Waals surface area contributed by atoms with Crippen molar-refractivity contribution in [3.8, 4) is 11.5 Å². The van der Waals surface area contributed by atoms with Gasteiger partial charge in [-0.2, -0.15) is 0 Å². The molecule has 0 fully saturated rings. The predicted molar refractivity (Wildman–Crippen MR) is 74.3 cm³/mol. The molecule has 1 unspecified atom stereocenters. The number of benzene rings is 1. The number of halogens is 1. The van der Waals surface area contributed by atoms with Crippen LogP contribution in [0.2, 0.25) is 0 Å². The molecular weight excluding hydrogens is 294 g/mol. The largest absolute Gasteiger partial charge is 0.419 e. The zero-order valence-corrected chi connectivity index (χ0v) is 12.3. The van der Waals surface area contributed by atoms with Gasteiger partial charge in [-0.15, -0.1) is 10.2 Å². The van der Waals surface area contributed by atoms with E-state index in [2.05, 4.69) is 31.4 Å². The van der Waals surface area contributed by atoms with Gasteiger partial charge in [0.1, 0.15) is 0 Å². The molecule has 2 rings (SSSR count). The highest BCUT2D eigenvalue weighted by molar-refractivity contribution is 9.10. The van der Waals surface area contributed by atoms with Crippen molar-refractivity contribution in [2.24, 2.45) is 0 Å². The lowest BCUT2D eigenvalue weighted by Gasteiger charge is -2.06. The van der Waals surface area contributed by atoms with Gasteiger partial charge in [-0.3, -0.25) is 0 Å². The molecule has 1 heterocycles. The fourth-order valence-corrected chi connectivity index (χ4v) is 2.12. The molecule has 1 N–H and O–H groups in total. The minimum absolute atomic E-state index is 0.0729. The molecule has 0 aliphatic rings. The molecule has 0 aliphatic heterocycles. The SMILES string of the molecule is CCNC(C)c1nnc(-c2cccc(Br)c2C)o1. The highest BCUT2D eigenvalue weighted by Crippen LogP contribution is 2.28. The fourth-order valence-electron chi connectivity index (χ4n) is 1.75. The summed E-state index contributed by atoms with van der Waals surface area (Å²) in [7, 11) is 0. The Bertz CT molecular complexity index is 539. The second-order valence-corrected chi connectivity index (χ2v) is 4.99. The fraction of sp³-hybridized carbons (Fsp3) is 0.385. The van der Waals surface area contributed by atoms with Crippen molar-refractivity contribution in [1.82, 2.24) is 15.5 Å². The molecule has 96 valence electrons. The highest BCUT2D eigenvalue weighted by Gasteiger charge is 2.15. The van der Waals surface area contributed by atoms with E-state index < -0.39 is 0 Å². The molecule has 0 spiro atoms. The van der Waals surface area contributed by atoms with Gasteiger partial charge in [-0.05, 0) is 38.1 Å². The molecule has 0 bridgehead atoms. The normalized spacial score (nSPS) is 12.7. The molecule has 0 amide bonds. The van der Waals surface area contributed by atoms with Crippen LogP contribution in [0.1, 0.15) is 31.3 Å². The Hall–Kier alpha value is -1.20. The zero-order valence-electron chi connectivity index (χ0n) is 10.7. The summed E-state index contributed by atoms with van der Waals surface area (Å²) in [6.07, 6.45) is 0. The molecule has 2 aromatic rings. The van der Waals surface area contributed by atoms with Crippen LogP contribution in [0, 0.1) is 6.92 Å². The lowest BCUT2D eigenvalue weighted by atomic mass is 10.1. The van der Waals surface area contributed by atoms with E-state index in [1.807, 2.05) is 39.0 Å². The Morgan fingerprint density at radius 2 is 2.17 bits per heavy atom. The van der Waals surface area contributed by atoms with E-state index in [9.17, 15) is 0 Å². The van der Waals surface area contributed by atoms with Crippen LogP contribution >= 0.6 is 15.9 Å². The maximum absolute atomic E-state index is 5.71. The molecule has 1 aromatic heterocycles. The number of nitrogens with zero attached hydrogens (tertiary/aromatic N) is 2. The van der Waals surface area contributed by atoms with Gasteiger partial charge in [-0.1, -0.05) is 28.9 Å². The number of aromatic nitrogens is 2. The van der Waals surface area contributed by atoms with E-state index >= 15 is 0 Å². The van der Waals surface area contributed by atoms with Crippen LogP contribution < -0.4 is 5.32 Å². The summed E-state index contributed by atoms with van der Waals surface area (Å²) >= 11 is 3.50. The van der Waals surface area contributed by atoms with E-state index in [4.69, 9.17) is 4.42 Å². The zero-order chi connectivity index (χ0) is 13.1. The van der Waals surface area contributed by atoms with Crippen molar-refractivity contribution in [2.45, 2.75) is 26.8 Å². The minimum atomic E-state index is 0.0729. The Morgan fingerprint density at radius 1 is 1.39 bits per heavy atom. The van der Waals surface area contributed by atoms with Crippen molar-refractivity contribution in [3.63, 3.8) is 0 Å². The third kappa shape index (κ3) is 2.62. The first-order valence-corrected chi connectivity index (χ1v) is 6.75. The van der Waals surface area contributed by atoms with Crippen molar-refractivity contribution in [3.05, 3.63) is 34.1 Å². The standard InChI is InChI=1S/C13H16BrN3O/c1-4-15-9(3)12-16-17-13(18-12)10-6-5-7-11(14)8(10)2/h5-7,9,15H,4H2,1-3H3. The first kappa shape index (κ1) is 13.2. The average molecular weight is 310 g/mol. The second kappa shape index (κ2) is 5.63. The van der Waals surface area contributed by atoms with Gasteiger partial charge in [0.15, 0.2) is 0 Å². The summed E-state index contributed by atoms with van der Waals surface area (Å²) in [5.74, 6) is 1.18. The van der Waals surface area contributed by atoms with E-state index in [1.165, 1.54) is 0 Å². The van der Waals surface area contributed by atoms with E-state index in [0.29, 0.717) is 11.8 Å². The van der Waals surface area contributed by atoms with Crippen molar-refractivity contribution in [1.29, 1.82) is 0 Å². The number of hydrogen-bond donors (Lipinski definition) is 1. The van der Waals surface area contributed by atoms with Crippen molar-refractivity contribution >= 4 is 15.9 Å². The third-order valence-corrected chi connectivity index (χ3v) is 3.68. The topological polar surface area (TPSA) is 51.0 Å². The average Bonchev–Trinajstić information content (AvgIpc) is 2.82. The van der Waals surface area contributed by atoms with Crippen LogP contribution in [0.25, 0.3) is 11.5 Å². The second-order valence-electron chi connectivity index (χ2n) is 4.14. The Labute approximate surface area is 115 Å². The Balaban J connectivity index is 2.32. The van der Waals surface area contributed by atoms with Gasteiger partial charge in [-0.25, -0.2) is 0 Å². The van der Waals surface area contributed by atoms with Crippen LogP contribution in [0.5, 0.6) is 0 Å². The Kier molecular flexibility index (Phi) is 4.14. The van der Waals surface area contributed by atoms with Gasteiger partial charge >= 0.3 is 0 Å². The van der Waals surface area contributed by atoms with Gasteiger partial charge < -0.3 is 9.73 Å². The summed E-state index contributed by atoms with van der Waals surface area (Å²) in [5, 5.41) is 11.4. The van der Waals surface area contributed by atoms with Gasteiger partial charge in [0.05, 0.1) is 6.04 Å². The molecule has 5 heteroatoms. The van der Waals surface area contributed by atoms with Gasteiger partial charge in [0.2, 0.25) is 11.8 Å². The molecule has 4 nitrogen and oxygen atoms in total. The lowest BCUT2D eigenvalue weighted by molar-refractivity contribution is 0.429. The number of hydrogen-bond acceptors (Lipinski definition) is 4. The van der Waals surface area contributed by atoms with E-state index in [1.54, 1.807) is 0 Å². The van der Waals surface area contributed by atoms with E-state index in [-0.39, 0.29) is 6.04 Å². The number of rotatable bonds is 4. The van der Waals surface area contributed by atoms with Gasteiger partial charge in [0, 0.05) is 10.0 Å². The highest BCUT2D eigenvalue weighted by atomic mass is 79.9. The maximum Gasteiger partial charge on any atom is 0.248 e. The first-order valence-electron chi connectivity index (χ1n) is 5.95. The predicted octanol–water partition coefficient (Wildman–Crippen LogP) is 3.48.